The zero-order valence-corrected chi connectivity index (χ0v) is 9.25. The van der Waals surface area contributed by atoms with Gasteiger partial charge in [-0.05, 0) is 33.1 Å². The van der Waals surface area contributed by atoms with Crippen LogP contribution in [0.5, 0.6) is 0 Å². The van der Waals surface area contributed by atoms with Gasteiger partial charge in [0.25, 0.3) is 0 Å². The van der Waals surface area contributed by atoms with Gasteiger partial charge in [0.05, 0.1) is 0 Å². The fourth-order valence-corrected chi connectivity index (χ4v) is 1.23. The van der Waals surface area contributed by atoms with Crippen LogP contribution in [0.25, 0.3) is 0 Å². The van der Waals surface area contributed by atoms with Crippen molar-refractivity contribution >= 4 is 11.8 Å². The lowest BCUT2D eigenvalue weighted by molar-refractivity contribution is -0.128. The monoisotopic (exact) mass is 210 g/mol. The van der Waals surface area contributed by atoms with Crippen molar-refractivity contribution in [2.75, 3.05) is 0 Å². The fourth-order valence-electron chi connectivity index (χ4n) is 1.23. The van der Waals surface area contributed by atoms with Crippen molar-refractivity contribution in [3.8, 4) is 0 Å². The van der Waals surface area contributed by atoms with E-state index in [1.165, 1.54) is 0 Å². The molecular formula is C11H18N2O2. The first-order chi connectivity index (χ1) is 7.00. The van der Waals surface area contributed by atoms with Crippen LogP contribution in [0.15, 0.2) is 11.6 Å². The van der Waals surface area contributed by atoms with Crippen LogP contribution in [0, 0.1) is 5.92 Å². The highest BCUT2D eigenvalue weighted by molar-refractivity contribution is 5.88. The Morgan fingerprint density at radius 3 is 2.47 bits per heavy atom. The molecular weight excluding hydrogens is 192 g/mol. The number of allylic oxidation sites excluding steroid dienone is 1. The van der Waals surface area contributed by atoms with E-state index in [9.17, 15) is 9.59 Å². The second-order valence-corrected chi connectivity index (χ2v) is 4.25. The lowest BCUT2D eigenvalue weighted by Crippen LogP contribution is -2.44. The smallest absolute Gasteiger partial charge is 0.240 e. The lowest BCUT2D eigenvalue weighted by atomic mass is 10.1. The third kappa shape index (κ3) is 4.14. The Balaban J connectivity index is 2.46. The maximum atomic E-state index is 11.4. The summed E-state index contributed by atoms with van der Waals surface area (Å²) in [6.07, 6.45) is 4.25. The molecule has 4 heteroatoms. The van der Waals surface area contributed by atoms with E-state index >= 15 is 0 Å². The van der Waals surface area contributed by atoms with Gasteiger partial charge in [0.1, 0.15) is 6.04 Å². The van der Waals surface area contributed by atoms with Gasteiger partial charge in [-0.15, -0.1) is 0 Å². The van der Waals surface area contributed by atoms with E-state index in [1.54, 1.807) is 0 Å². The van der Waals surface area contributed by atoms with Crippen molar-refractivity contribution in [1.82, 2.24) is 5.32 Å². The van der Waals surface area contributed by atoms with Gasteiger partial charge >= 0.3 is 0 Å². The Bertz CT molecular complexity index is 289. The summed E-state index contributed by atoms with van der Waals surface area (Å²) in [7, 11) is 0. The van der Waals surface area contributed by atoms with Crippen molar-refractivity contribution in [3.05, 3.63) is 11.6 Å². The number of nitrogens with two attached hydrogens (primary N) is 1. The Morgan fingerprint density at radius 1 is 1.47 bits per heavy atom. The molecule has 0 bridgehead atoms. The number of amides is 2. The molecule has 1 aliphatic carbocycles. The first kappa shape index (κ1) is 11.8. The van der Waals surface area contributed by atoms with Crippen molar-refractivity contribution < 1.29 is 9.59 Å². The van der Waals surface area contributed by atoms with E-state index < -0.39 is 11.9 Å². The van der Waals surface area contributed by atoms with Crippen molar-refractivity contribution in [3.63, 3.8) is 0 Å². The van der Waals surface area contributed by atoms with Crippen molar-refractivity contribution in [2.24, 2.45) is 11.7 Å². The molecule has 1 rings (SSSR count). The Kier molecular flexibility index (Phi) is 3.88. The summed E-state index contributed by atoms with van der Waals surface area (Å²) in [5.74, 6) is -0.402. The summed E-state index contributed by atoms with van der Waals surface area (Å²) in [6.45, 7) is 3.89. The molecule has 3 N–H and O–H groups in total. The largest absolute Gasteiger partial charge is 0.368 e. The summed E-state index contributed by atoms with van der Waals surface area (Å²) >= 11 is 0. The molecule has 1 saturated carbocycles. The minimum Gasteiger partial charge on any atom is -0.368 e. The summed E-state index contributed by atoms with van der Waals surface area (Å²) in [6, 6.07) is -0.562. The highest BCUT2D eigenvalue weighted by Gasteiger charge is 2.31. The lowest BCUT2D eigenvalue weighted by Gasteiger charge is -2.13. The number of carbonyl (C=O) groups is 2. The third-order valence-electron chi connectivity index (χ3n) is 2.37. The SMILES string of the molecule is CC(C)=CC[C@@H](NC(=O)C1CC1)C(N)=O. The molecule has 0 radical (unpaired) electrons. The molecule has 0 aromatic rings. The molecule has 0 heterocycles. The molecule has 0 aliphatic heterocycles. The maximum absolute atomic E-state index is 11.4. The number of carbonyl (C=O) groups excluding carboxylic acids is 2. The quantitative estimate of drug-likeness (QED) is 0.656. The number of hydrogen-bond donors (Lipinski definition) is 2. The summed E-state index contributed by atoms with van der Waals surface area (Å²) in [5.41, 5.74) is 6.32. The van der Waals surface area contributed by atoms with Crippen LogP contribution in [0.2, 0.25) is 0 Å². The molecule has 15 heavy (non-hydrogen) atoms. The van der Waals surface area contributed by atoms with E-state index in [0.29, 0.717) is 6.42 Å². The van der Waals surface area contributed by atoms with Gasteiger partial charge in [-0.1, -0.05) is 11.6 Å². The molecule has 4 nitrogen and oxygen atoms in total. The van der Waals surface area contributed by atoms with Crippen molar-refractivity contribution in [1.29, 1.82) is 0 Å². The van der Waals surface area contributed by atoms with Crippen LogP contribution in [0.3, 0.4) is 0 Å². The van der Waals surface area contributed by atoms with Crippen LogP contribution in [-0.4, -0.2) is 17.9 Å². The second-order valence-electron chi connectivity index (χ2n) is 4.25. The molecule has 1 fully saturated rings. The first-order valence-corrected chi connectivity index (χ1v) is 5.23. The molecule has 0 spiro atoms. The third-order valence-corrected chi connectivity index (χ3v) is 2.37. The van der Waals surface area contributed by atoms with Gasteiger partial charge in [-0.3, -0.25) is 9.59 Å². The molecule has 0 saturated heterocycles. The average Bonchev–Trinajstić information content (AvgIpc) is 2.93. The van der Waals surface area contributed by atoms with Gasteiger partial charge in [-0.25, -0.2) is 0 Å². The van der Waals surface area contributed by atoms with Crippen LogP contribution >= 0.6 is 0 Å². The minimum absolute atomic E-state index is 0.0408. The van der Waals surface area contributed by atoms with Gasteiger partial charge in [0.2, 0.25) is 11.8 Å². The van der Waals surface area contributed by atoms with Crippen LogP contribution in [0.4, 0.5) is 0 Å². The van der Waals surface area contributed by atoms with Gasteiger partial charge in [-0.2, -0.15) is 0 Å². The van der Waals surface area contributed by atoms with Gasteiger partial charge < -0.3 is 11.1 Å². The number of nitrogens with one attached hydrogen (secondary N) is 1. The molecule has 2 amide bonds. The van der Waals surface area contributed by atoms with E-state index in [1.807, 2.05) is 19.9 Å². The maximum Gasteiger partial charge on any atom is 0.240 e. The first-order valence-electron chi connectivity index (χ1n) is 5.23. The molecule has 0 aromatic heterocycles. The zero-order valence-electron chi connectivity index (χ0n) is 9.25. The van der Waals surface area contributed by atoms with Gasteiger partial charge in [0.15, 0.2) is 0 Å². The van der Waals surface area contributed by atoms with E-state index in [4.69, 9.17) is 5.73 Å². The Hall–Kier alpha value is -1.32. The summed E-state index contributed by atoms with van der Waals surface area (Å²) < 4.78 is 0. The van der Waals surface area contributed by atoms with Crippen LogP contribution in [0.1, 0.15) is 33.1 Å². The molecule has 84 valence electrons. The van der Waals surface area contributed by atoms with Gasteiger partial charge in [0, 0.05) is 5.92 Å². The number of primary amides is 1. The van der Waals surface area contributed by atoms with E-state index in [0.717, 1.165) is 18.4 Å². The molecule has 1 atom stereocenters. The number of hydrogen-bond acceptors (Lipinski definition) is 2. The molecule has 1 aliphatic rings. The minimum atomic E-state index is -0.562. The summed E-state index contributed by atoms with van der Waals surface area (Å²) in [4.78, 5) is 22.5. The predicted molar refractivity (Wildman–Crippen MR) is 57.9 cm³/mol. The normalized spacial score (nSPS) is 16.7. The second kappa shape index (κ2) is 4.96. The Morgan fingerprint density at radius 2 is 2.07 bits per heavy atom. The van der Waals surface area contributed by atoms with E-state index in [-0.39, 0.29) is 11.8 Å². The zero-order chi connectivity index (χ0) is 11.4. The highest BCUT2D eigenvalue weighted by Crippen LogP contribution is 2.28. The standard InChI is InChI=1S/C11H18N2O2/c1-7(2)3-6-9(10(12)14)13-11(15)8-4-5-8/h3,8-9H,4-6H2,1-2H3,(H2,12,14)(H,13,15)/t9-/m1/s1. The number of rotatable bonds is 5. The van der Waals surface area contributed by atoms with Crippen molar-refractivity contribution in [2.45, 2.75) is 39.2 Å². The Labute approximate surface area is 89.9 Å². The summed E-state index contributed by atoms with van der Waals surface area (Å²) in [5, 5.41) is 2.68. The average molecular weight is 210 g/mol. The highest BCUT2D eigenvalue weighted by atomic mass is 16.2. The van der Waals surface area contributed by atoms with Crippen LogP contribution < -0.4 is 11.1 Å². The molecule has 0 aromatic carbocycles. The topological polar surface area (TPSA) is 72.2 Å². The predicted octanol–water partition coefficient (Wildman–Crippen LogP) is 0.723. The van der Waals surface area contributed by atoms with Crippen LogP contribution in [-0.2, 0) is 9.59 Å². The van der Waals surface area contributed by atoms with E-state index in [2.05, 4.69) is 5.32 Å². The molecule has 0 unspecified atom stereocenters. The fraction of sp³-hybridized carbons (Fsp3) is 0.636.